The third-order valence-electron chi connectivity index (χ3n) is 6.80. The number of carbonyl (C=O) groups is 3. The highest BCUT2D eigenvalue weighted by molar-refractivity contribution is 5.90. The van der Waals surface area contributed by atoms with Crippen LogP contribution in [0.2, 0.25) is 0 Å². The molecule has 0 saturated carbocycles. The summed E-state index contributed by atoms with van der Waals surface area (Å²) in [6, 6.07) is -0.971. The Morgan fingerprint density at radius 3 is 2.06 bits per heavy atom. The molecular formula is C25H45N3O4. The number of rotatable bonds is 10. The summed E-state index contributed by atoms with van der Waals surface area (Å²) in [7, 11) is 1.69. The van der Waals surface area contributed by atoms with Crippen molar-refractivity contribution in [3.05, 3.63) is 11.6 Å². The number of piperidine rings is 1. The van der Waals surface area contributed by atoms with Crippen molar-refractivity contribution < 1.29 is 19.5 Å². The van der Waals surface area contributed by atoms with Crippen LogP contribution < -0.4 is 5.32 Å². The van der Waals surface area contributed by atoms with E-state index in [1.165, 1.54) is 6.92 Å². The molecule has 1 rings (SSSR count). The quantitative estimate of drug-likeness (QED) is 0.496. The van der Waals surface area contributed by atoms with Gasteiger partial charge in [-0.1, -0.05) is 54.0 Å². The second kappa shape index (κ2) is 12.4. The topological polar surface area (TPSA) is 90.0 Å². The van der Waals surface area contributed by atoms with E-state index in [9.17, 15) is 19.5 Å². The van der Waals surface area contributed by atoms with Gasteiger partial charge in [0.15, 0.2) is 0 Å². The summed E-state index contributed by atoms with van der Waals surface area (Å²) in [6.07, 6.45) is 4.51. The first-order valence-electron chi connectivity index (χ1n) is 12.0. The van der Waals surface area contributed by atoms with E-state index in [1.54, 1.807) is 18.0 Å². The van der Waals surface area contributed by atoms with Crippen molar-refractivity contribution in [2.24, 2.45) is 17.8 Å². The number of hydrogen-bond donors (Lipinski definition) is 2. The van der Waals surface area contributed by atoms with Crippen molar-refractivity contribution in [2.75, 3.05) is 13.6 Å². The fraction of sp³-hybridized carbons (Fsp3) is 0.800. The highest BCUT2D eigenvalue weighted by Gasteiger charge is 2.37. The van der Waals surface area contributed by atoms with Gasteiger partial charge in [0, 0.05) is 18.7 Å². The Kier molecular flexibility index (Phi) is 10.9. The minimum Gasteiger partial charge on any atom is -0.478 e. The maximum Gasteiger partial charge on any atom is 0.331 e. The third-order valence-corrected chi connectivity index (χ3v) is 6.80. The summed E-state index contributed by atoms with van der Waals surface area (Å²) >= 11 is 0. The number of carbonyl (C=O) groups excluding carboxylic acids is 2. The number of likely N-dealkylation sites (tertiary alicyclic amines) is 1. The molecule has 1 heterocycles. The van der Waals surface area contributed by atoms with Crippen LogP contribution in [0.4, 0.5) is 0 Å². The van der Waals surface area contributed by atoms with Crippen LogP contribution in [0.15, 0.2) is 11.6 Å². The van der Waals surface area contributed by atoms with Crippen LogP contribution in [0.5, 0.6) is 0 Å². The predicted octanol–water partition coefficient (Wildman–Crippen LogP) is 3.54. The van der Waals surface area contributed by atoms with E-state index in [2.05, 4.69) is 31.0 Å². The van der Waals surface area contributed by atoms with Gasteiger partial charge in [0.25, 0.3) is 0 Å². The Morgan fingerprint density at radius 1 is 1.00 bits per heavy atom. The number of nitrogens with one attached hydrogen (secondary N) is 1. The predicted molar refractivity (Wildman–Crippen MR) is 128 cm³/mol. The van der Waals surface area contributed by atoms with E-state index < -0.39 is 12.0 Å². The third kappa shape index (κ3) is 7.32. The van der Waals surface area contributed by atoms with Crippen molar-refractivity contribution in [3.63, 3.8) is 0 Å². The molecule has 1 saturated heterocycles. The minimum atomic E-state index is -0.998. The van der Waals surface area contributed by atoms with Gasteiger partial charge >= 0.3 is 5.97 Å². The average Bonchev–Trinajstić information content (AvgIpc) is 2.73. The van der Waals surface area contributed by atoms with Crippen molar-refractivity contribution in [3.8, 4) is 0 Å². The SMILES string of the molecule is C/C(=C\[C@H](C(C)C)N(C)C(=O)[C@@H](NC(=O)C1CCCCN1C(C)C(C)C)C(C)C)C(=O)O. The summed E-state index contributed by atoms with van der Waals surface area (Å²) in [5.74, 6) is -0.903. The van der Waals surface area contributed by atoms with Crippen LogP contribution in [-0.2, 0) is 14.4 Å². The molecule has 2 N–H and O–H groups in total. The molecule has 32 heavy (non-hydrogen) atoms. The lowest BCUT2D eigenvalue weighted by Crippen LogP contribution is -2.59. The zero-order valence-electron chi connectivity index (χ0n) is 21.5. The van der Waals surface area contributed by atoms with E-state index in [4.69, 9.17) is 0 Å². The first-order valence-corrected chi connectivity index (χ1v) is 12.0. The molecule has 7 nitrogen and oxygen atoms in total. The van der Waals surface area contributed by atoms with Gasteiger partial charge in [-0.3, -0.25) is 14.5 Å². The van der Waals surface area contributed by atoms with Crippen molar-refractivity contribution in [1.82, 2.24) is 15.1 Å². The van der Waals surface area contributed by atoms with Gasteiger partial charge in [-0.2, -0.15) is 0 Å². The van der Waals surface area contributed by atoms with Crippen LogP contribution in [0, 0.1) is 17.8 Å². The van der Waals surface area contributed by atoms with E-state index in [0.717, 1.165) is 25.8 Å². The first kappa shape index (κ1) is 28.1. The van der Waals surface area contributed by atoms with Gasteiger partial charge in [-0.05, 0) is 51.0 Å². The molecule has 4 atom stereocenters. The molecule has 2 unspecified atom stereocenters. The number of carboxylic acid groups (broad SMARTS) is 1. The van der Waals surface area contributed by atoms with Crippen molar-refractivity contribution in [1.29, 1.82) is 0 Å². The van der Waals surface area contributed by atoms with Gasteiger partial charge in [-0.15, -0.1) is 0 Å². The highest BCUT2D eigenvalue weighted by Crippen LogP contribution is 2.24. The molecule has 2 amide bonds. The molecule has 0 aromatic carbocycles. The standard InChI is InChI=1S/C25H45N3O4/c1-15(2)19(8)28-13-11-10-12-20(28)23(29)26-22(17(5)6)24(30)27(9)21(16(3)4)14-18(7)25(31)32/h14-17,19-22H,10-13H2,1-9H3,(H,26,29)(H,31,32)/b18-14+/t19?,20?,21-,22+/m1/s1. The molecule has 1 fully saturated rings. The Balaban J connectivity index is 3.08. The number of nitrogens with zero attached hydrogens (tertiary/aromatic N) is 2. The Morgan fingerprint density at radius 2 is 1.59 bits per heavy atom. The number of carboxylic acids is 1. The molecule has 1 aliphatic rings. The first-order chi connectivity index (χ1) is 14.8. The van der Waals surface area contributed by atoms with Crippen LogP contribution in [0.1, 0.15) is 74.7 Å². The number of hydrogen-bond acceptors (Lipinski definition) is 4. The summed E-state index contributed by atoms with van der Waals surface area (Å²) in [4.78, 5) is 42.0. The van der Waals surface area contributed by atoms with Crippen LogP contribution in [-0.4, -0.2) is 70.4 Å². The lowest BCUT2D eigenvalue weighted by molar-refractivity contribution is -0.140. The zero-order valence-corrected chi connectivity index (χ0v) is 21.5. The van der Waals surface area contributed by atoms with Crippen LogP contribution in [0.3, 0.4) is 0 Å². The number of amides is 2. The molecule has 0 radical (unpaired) electrons. The van der Waals surface area contributed by atoms with Gasteiger partial charge in [0.2, 0.25) is 11.8 Å². The maximum absolute atomic E-state index is 13.4. The largest absolute Gasteiger partial charge is 0.478 e. The second-order valence-electron chi connectivity index (χ2n) is 10.3. The second-order valence-corrected chi connectivity index (χ2v) is 10.3. The van der Waals surface area contributed by atoms with E-state index in [1.807, 2.05) is 27.7 Å². The molecule has 184 valence electrons. The summed E-state index contributed by atoms with van der Waals surface area (Å²) in [5.41, 5.74) is 0.203. The Labute approximate surface area is 194 Å². The summed E-state index contributed by atoms with van der Waals surface area (Å²) in [5, 5.41) is 12.3. The fourth-order valence-electron chi connectivity index (χ4n) is 4.31. The van der Waals surface area contributed by atoms with Crippen LogP contribution in [0.25, 0.3) is 0 Å². The molecule has 0 spiro atoms. The van der Waals surface area contributed by atoms with Crippen molar-refractivity contribution in [2.45, 2.75) is 98.8 Å². The Bertz CT molecular complexity index is 687. The lowest BCUT2D eigenvalue weighted by atomic mass is 9.94. The highest BCUT2D eigenvalue weighted by atomic mass is 16.4. The maximum atomic E-state index is 13.4. The van der Waals surface area contributed by atoms with E-state index in [0.29, 0.717) is 5.92 Å². The fourth-order valence-corrected chi connectivity index (χ4v) is 4.31. The Hall–Kier alpha value is -1.89. The molecule has 0 bridgehead atoms. The van der Waals surface area contributed by atoms with Gasteiger partial charge in [0.1, 0.15) is 6.04 Å². The molecule has 0 aliphatic carbocycles. The molecule has 0 aromatic rings. The summed E-state index contributed by atoms with van der Waals surface area (Å²) < 4.78 is 0. The van der Waals surface area contributed by atoms with Gasteiger partial charge < -0.3 is 15.3 Å². The van der Waals surface area contributed by atoms with Crippen LogP contribution >= 0.6 is 0 Å². The smallest absolute Gasteiger partial charge is 0.331 e. The molecule has 7 heteroatoms. The number of likely N-dealkylation sites (N-methyl/N-ethyl adjacent to an activating group) is 1. The lowest BCUT2D eigenvalue weighted by Gasteiger charge is -2.41. The molecular weight excluding hydrogens is 406 g/mol. The van der Waals surface area contributed by atoms with E-state index in [-0.39, 0.29) is 47.3 Å². The summed E-state index contributed by atoms with van der Waals surface area (Å²) in [6.45, 7) is 16.7. The monoisotopic (exact) mass is 451 g/mol. The van der Waals surface area contributed by atoms with Crippen molar-refractivity contribution >= 4 is 17.8 Å². The minimum absolute atomic E-state index is 0.0301. The van der Waals surface area contributed by atoms with Gasteiger partial charge in [-0.25, -0.2) is 4.79 Å². The van der Waals surface area contributed by atoms with E-state index >= 15 is 0 Å². The van der Waals surface area contributed by atoms with Gasteiger partial charge in [0.05, 0.1) is 12.1 Å². The number of aliphatic carboxylic acids is 1. The average molecular weight is 452 g/mol. The normalized spacial score (nSPS) is 20.9. The molecule has 0 aromatic heterocycles. The molecule has 1 aliphatic heterocycles. The zero-order chi connectivity index (χ0) is 24.7.